The van der Waals surface area contributed by atoms with Crippen LogP contribution in [-0.2, 0) is 4.79 Å². The largest absolute Gasteiger partial charge is 0.298 e. The fourth-order valence-electron chi connectivity index (χ4n) is 2.20. The van der Waals surface area contributed by atoms with Crippen LogP contribution in [0.3, 0.4) is 0 Å². The first kappa shape index (κ1) is 11.8. The van der Waals surface area contributed by atoms with Crippen molar-refractivity contribution in [3.05, 3.63) is 23.4 Å². The molecular weight excluding hydrogens is 296 g/mol. The van der Waals surface area contributed by atoms with Gasteiger partial charge < -0.3 is 0 Å². The third-order valence-electron chi connectivity index (χ3n) is 3.39. The molecule has 0 aromatic carbocycles. The topological polar surface area (TPSA) is 60.2 Å². The van der Waals surface area contributed by atoms with E-state index in [1.807, 2.05) is 18.4 Å². The summed E-state index contributed by atoms with van der Waals surface area (Å²) in [5.74, 6) is 1.29. The van der Waals surface area contributed by atoms with Gasteiger partial charge in [0.1, 0.15) is 5.78 Å². The molecule has 1 fully saturated rings. The number of aryl methyl sites for hydroxylation is 2. The lowest BCUT2D eigenvalue weighted by molar-refractivity contribution is -0.117. The predicted octanol–water partition coefficient (Wildman–Crippen LogP) is 1.81. The number of nitrogens with zero attached hydrogens (tertiary/aromatic N) is 4. The zero-order valence-corrected chi connectivity index (χ0v) is 11.8. The minimum absolute atomic E-state index is 0.0929. The van der Waals surface area contributed by atoms with Crippen LogP contribution in [0.1, 0.15) is 29.6 Å². The van der Waals surface area contributed by atoms with E-state index in [2.05, 4.69) is 31.0 Å². The number of halogens is 1. The minimum atomic E-state index is 0.0929. The van der Waals surface area contributed by atoms with Gasteiger partial charge in [-0.25, -0.2) is 9.50 Å². The summed E-state index contributed by atoms with van der Waals surface area (Å²) in [6.07, 6.45) is 2.65. The van der Waals surface area contributed by atoms with Crippen LogP contribution in [0.4, 0.5) is 0 Å². The van der Waals surface area contributed by atoms with Gasteiger partial charge in [-0.1, -0.05) is 15.9 Å². The molecular formula is C12H13BrN4O. The van der Waals surface area contributed by atoms with E-state index in [9.17, 15) is 4.79 Å². The number of carbonyl (C=O) groups is 1. The Labute approximate surface area is 113 Å². The average molecular weight is 309 g/mol. The standard InChI is InChI=1S/C12H13BrN4O/c1-6-5-14-7(2)12-15-11(16-17(6)12)9-3-8(9)10(18)4-13/h5,8-9H,3-4H2,1-2H3. The summed E-state index contributed by atoms with van der Waals surface area (Å²) in [6.45, 7) is 3.87. The van der Waals surface area contributed by atoms with Gasteiger partial charge in [-0.3, -0.25) is 9.78 Å². The summed E-state index contributed by atoms with van der Waals surface area (Å²) in [5.41, 5.74) is 2.61. The molecule has 0 N–H and O–H groups in total. The molecule has 2 heterocycles. The first-order chi connectivity index (χ1) is 8.61. The smallest absolute Gasteiger partial charge is 0.177 e. The number of Topliss-reactive ketones (excluding diaryl/α,β-unsaturated/α-hetero) is 1. The van der Waals surface area contributed by atoms with Crippen LogP contribution in [0.2, 0.25) is 0 Å². The van der Waals surface area contributed by atoms with Crippen molar-refractivity contribution in [1.82, 2.24) is 19.6 Å². The average Bonchev–Trinajstić information content (AvgIpc) is 3.04. The van der Waals surface area contributed by atoms with Crippen LogP contribution in [0, 0.1) is 19.8 Å². The summed E-state index contributed by atoms with van der Waals surface area (Å²) >= 11 is 3.21. The monoisotopic (exact) mass is 308 g/mol. The van der Waals surface area contributed by atoms with E-state index in [-0.39, 0.29) is 17.6 Å². The highest BCUT2D eigenvalue weighted by Crippen LogP contribution is 2.47. The van der Waals surface area contributed by atoms with E-state index in [0.717, 1.165) is 29.3 Å². The molecule has 2 atom stereocenters. The highest BCUT2D eigenvalue weighted by molar-refractivity contribution is 9.09. The molecule has 5 nitrogen and oxygen atoms in total. The third kappa shape index (κ3) is 1.75. The zero-order chi connectivity index (χ0) is 12.9. The molecule has 1 saturated carbocycles. The lowest BCUT2D eigenvalue weighted by atomic mass is 10.2. The van der Waals surface area contributed by atoms with Crippen LogP contribution >= 0.6 is 15.9 Å². The molecule has 0 aliphatic heterocycles. The Balaban J connectivity index is 1.98. The highest BCUT2D eigenvalue weighted by Gasteiger charge is 2.45. The summed E-state index contributed by atoms with van der Waals surface area (Å²) in [4.78, 5) is 20.4. The van der Waals surface area contributed by atoms with Crippen LogP contribution in [0.25, 0.3) is 5.65 Å². The normalized spacial score (nSPS) is 22.4. The van der Waals surface area contributed by atoms with Crippen LogP contribution in [0.15, 0.2) is 6.20 Å². The number of fused-ring (bicyclic) bond motifs is 1. The van der Waals surface area contributed by atoms with Gasteiger partial charge in [0.25, 0.3) is 0 Å². The summed E-state index contributed by atoms with van der Waals surface area (Å²) in [5, 5.41) is 4.92. The van der Waals surface area contributed by atoms with Gasteiger partial charge in [0.05, 0.1) is 16.7 Å². The van der Waals surface area contributed by atoms with E-state index in [4.69, 9.17) is 0 Å². The van der Waals surface area contributed by atoms with E-state index in [0.29, 0.717) is 5.33 Å². The van der Waals surface area contributed by atoms with Gasteiger partial charge in [-0.05, 0) is 20.3 Å². The van der Waals surface area contributed by atoms with Gasteiger partial charge in [0.2, 0.25) is 0 Å². The molecule has 1 aliphatic rings. The Hall–Kier alpha value is -1.30. The number of carbonyl (C=O) groups excluding carboxylic acids is 1. The summed E-state index contributed by atoms with van der Waals surface area (Å²) < 4.78 is 1.81. The van der Waals surface area contributed by atoms with Crippen LogP contribution in [-0.4, -0.2) is 30.7 Å². The first-order valence-corrected chi connectivity index (χ1v) is 7.01. The Morgan fingerprint density at radius 2 is 2.33 bits per heavy atom. The lowest BCUT2D eigenvalue weighted by Gasteiger charge is -1.97. The van der Waals surface area contributed by atoms with E-state index in [1.54, 1.807) is 6.20 Å². The van der Waals surface area contributed by atoms with Crippen LogP contribution in [0.5, 0.6) is 0 Å². The van der Waals surface area contributed by atoms with Crippen molar-refractivity contribution in [2.75, 3.05) is 5.33 Å². The molecule has 18 heavy (non-hydrogen) atoms. The maximum Gasteiger partial charge on any atom is 0.177 e. The van der Waals surface area contributed by atoms with Gasteiger partial charge in [0.15, 0.2) is 11.5 Å². The van der Waals surface area contributed by atoms with Crippen molar-refractivity contribution >= 4 is 27.4 Å². The van der Waals surface area contributed by atoms with E-state index in [1.165, 1.54) is 0 Å². The molecule has 0 bridgehead atoms. The van der Waals surface area contributed by atoms with Gasteiger partial charge in [-0.15, -0.1) is 0 Å². The Morgan fingerprint density at radius 1 is 1.56 bits per heavy atom. The maximum absolute atomic E-state index is 11.6. The van der Waals surface area contributed by atoms with Crippen molar-refractivity contribution in [1.29, 1.82) is 0 Å². The lowest BCUT2D eigenvalue weighted by Crippen LogP contribution is -2.03. The van der Waals surface area contributed by atoms with Gasteiger partial charge in [-0.2, -0.15) is 5.10 Å². The SMILES string of the molecule is Cc1ncc(C)n2nc(C3CC3C(=O)CBr)nc12. The molecule has 0 amide bonds. The number of hydrogen-bond donors (Lipinski definition) is 0. The first-order valence-electron chi connectivity index (χ1n) is 5.89. The molecule has 2 aromatic rings. The van der Waals surface area contributed by atoms with E-state index < -0.39 is 0 Å². The fourth-order valence-corrected chi connectivity index (χ4v) is 2.62. The quantitative estimate of drug-likeness (QED) is 0.811. The number of ketones is 1. The minimum Gasteiger partial charge on any atom is -0.298 e. The molecule has 94 valence electrons. The van der Waals surface area contributed by atoms with Crippen molar-refractivity contribution in [3.63, 3.8) is 0 Å². The Morgan fingerprint density at radius 3 is 3.00 bits per heavy atom. The number of alkyl halides is 1. The summed E-state index contributed by atoms with van der Waals surface area (Å²) in [6, 6.07) is 0. The third-order valence-corrected chi connectivity index (χ3v) is 3.95. The van der Waals surface area contributed by atoms with Gasteiger partial charge >= 0.3 is 0 Å². The molecule has 2 unspecified atom stereocenters. The Bertz CT molecular complexity index is 597. The fraction of sp³-hybridized carbons (Fsp3) is 0.500. The van der Waals surface area contributed by atoms with Crippen molar-refractivity contribution in [2.24, 2.45) is 5.92 Å². The number of rotatable bonds is 3. The second kappa shape index (κ2) is 4.12. The molecule has 3 rings (SSSR count). The second-order valence-corrected chi connectivity index (χ2v) is 5.30. The van der Waals surface area contributed by atoms with Crippen LogP contribution < -0.4 is 0 Å². The number of hydrogen-bond acceptors (Lipinski definition) is 4. The molecule has 2 aromatic heterocycles. The van der Waals surface area contributed by atoms with Crippen molar-refractivity contribution < 1.29 is 4.79 Å². The summed E-state index contributed by atoms with van der Waals surface area (Å²) in [7, 11) is 0. The zero-order valence-electron chi connectivity index (χ0n) is 10.2. The molecule has 6 heteroatoms. The predicted molar refractivity (Wildman–Crippen MR) is 69.9 cm³/mol. The number of aromatic nitrogens is 4. The molecule has 0 radical (unpaired) electrons. The van der Waals surface area contributed by atoms with Crippen molar-refractivity contribution in [2.45, 2.75) is 26.2 Å². The maximum atomic E-state index is 11.6. The van der Waals surface area contributed by atoms with Gasteiger partial charge in [0, 0.05) is 18.0 Å². The molecule has 0 spiro atoms. The highest BCUT2D eigenvalue weighted by atomic mass is 79.9. The second-order valence-electron chi connectivity index (χ2n) is 4.74. The molecule has 1 aliphatic carbocycles. The Kier molecular flexibility index (Phi) is 2.69. The molecule has 0 saturated heterocycles. The van der Waals surface area contributed by atoms with E-state index >= 15 is 0 Å². The van der Waals surface area contributed by atoms with Crippen molar-refractivity contribution in [3.8, 4) is 0 Å².